The Morgan fingerprint density at radius 3 is 2.47 bits per heavy atom. The van der Waals surface area contributed by atoms with Gasteiger partial charge in [0.2, 0.25) is 10.0 Å². The van der Waals surface area contributed by atoms with Gasteiger partial charge < -0.3 is 5.11 Å². The van der Waals surface area contributed by atoms with Gasteiger partial charge in [-0.1, -0.05) is 37.6 Å². The molecule has 1 atom stereocenters. The van der Waals surface area contributed by atoms with E-state index in [4.69, 9.17) is 11.6 Å². The number of hydrogen-bond donors (Lipinski definition) is 2. The lowest BCUT2D eigenvalue weighted by atomic mass is 10.1. The average molecular weight is 480 g/mol. The normalized spacial score (nSPS) is 13.3. The molecule has 2 aromatic heterocycles. The molecule has 2 N–H and O–H groups in total. The Balaban J connectivity index is 1.77. The number of fused-ring (bicyclic) bond motifs is 3. The van der Waals surface area contributed by atoms with Crippen LogP contribution in [0.25, 0.3) is 31.3 Å². The van der Waals surface area contributed by atoms with Gasteiger partial charge in [0, 0.05) is 25.7 Å². The first kappa shape index (κ1) is 21.3. The van der Waals surface area contributed by atoms with Crippen molar-refractivity contribution in [1.82, 2.24) is 4.72 Å². The summed E-state index contributed by atoms with van der Waals surface area (Å²) in [6, 6.07) is 11.7. The summed E-state index contributed by atoms with van der Waals surface area (Å²) >= 11 is 9.25. The molecule has 2 heterocycles. The topological polar surface area (TPSA) is 83.5 Å². The van der Waals surface area contributed by atoms with Crippen molar-refractivity contribution in [2.24, 2.45) is 5.92 Å². The zero-order valence-corrected chi connectivity index (χ0v) is 19.3. The summed E-state index contributed by atoms with van der Waals surface area (Å²) in [4.78, 5) is 11.5. The van der Waals surface area contributed by atoms with Crippen molar-refractivity contribution in [3.63, 3.8) is 0 Å². The van der Waals surface area contributed by atoms with Gasteiger partial charge in [-0.05, 0) is 47.2 Å². The summed E-state index contributed by atoms with van der Waals surface area (Å²) in [7, 11) is -3.97. The van der Waals surface area contributed by atoms with Crippen LogP contribution in [-0.4, -0.2) is 25.5 Å². The number of benzene rings is 2. The standard InChI is InChI=1S/C21H18ClNO4S3/c1-11(2)19(21(24)25)23-30(26,27)13-4-5-15-16-9-12(14-7-8-28-20(14)22)3-6-17(16)29-18(15)10-13/h3-11,19,23H,1-2H3,(H,24,25)/t19-/m0/s1. The van der Waals surface area contributed by atoms with Gasteiger partial charge in [0.1, 0.15) is 10.4 Å². The Kier molecular flexibility index (Phi) is 5.63. The van der Waals surface area contributed by atoms with Crippen LogP contribution in [-0.2, 0) is 14.8 Å². The fourth-order valence-corrected chi connectivity index (χ4v) is 6.83. The van der Waals surface area contributed by atoms with Gasteiger partial charge in [-0.15, -0.1) is 22.7 Å². The van der Waals surface area contributed by atoms with Gasteiger partial charge in [0.05, 0.1) is 4.90 Å². The molecule has 9 heteroatoms. The molecule has 5 nitrogen and oxygen atoms in total. The number of aliphatic carboxylic acids is 1. The minimum absolute atomic E-state index is 0.0505. The Morgan fingerprint density at radius 2 is 1.83 bits per heavy atom. The molecule has 0 saturated heterocycles. The van der Waals surface area contributed by atoms with Crippen LogP contribution < -0.4 is 4.72 Å². The fourth-order valence-electron chi connectivity index (χ4n) is 3.30. The fraction of sp³-hybridized carbons (Fsp3) is 0.190. The highest BCUT2D eigenvalue weighted by molar-refractivity contribution is 7.89. The molecule has 0 radical (unpaired) electrons. The van der Waals surface area contributed by atoms with Crippen molar-refractivity contribution < 1.29 is 18.3 Å². The highest BCUT2D eigenvalue weighted by Gasteiger charge is 2.28. The third-order valence-electron chi connectivity index (χ3n) is 4.90. The number of hydrogen-bond acceptors (Lipinski definition) is 5. The zero-order chi connectivity index (χ0) is 21.6. The van der Waals surface area contributed by atoms with Crippen molar-refractivity contribution in [2.75, 3.05) is 0 Å². The highest BCUT2D eigenvalue weighted by atomic mass is 35.5. The SMILES string of the molecule is CC(C)[C@H](NS(=O)(=O)c1ccc2c(c1)sc1ccc(-c3ccsc3Cl)cc12)C(=O)O. The van der Waals surface area contributed by atoms with Gasteiger partial charge >= 0.3 is 5.97 Å². The van der Waals surface area contributed by atoms with Crippen LogP contribution in [0.15, 0.2) is 52.7 Å². The van der Waals surface area contributed by atoms with Crippen molar-refractivity contribution in [2.45, 2.75) is 24.8 Å². The molecule has 0 fully saturated rings. The second-order valence-corrected chi connectivity index (χ2v) is 11.6. The van der Waals surface area contributed by atoms with Crippen molar-refractivity contribution in [1.29, 1.82) is 0 Å². The van der Waals surface area contributed by atoms with E-state index in [0.29, 0.717) is 0 Å². The van der Waals surface area contributed by atoms with Crippen LogP contribution in [0.3, 0.4) is 0 Å². The molecule has 0 aliphatic heterocycles. The summed E-state index contributed by atoms with van der Waals surface area (Å²) in [5.74, 6) is -1.58. The summed E-state index contributed by atoms with van der Waals surface area (Å²) < 4.78 is 30.4. The molecule has 4 aromatic rings. The molecule has 156 valence electrons. The first-order chi connectivity index (χ1) is 14.2. The summed E-state index contributed by atoms with van der Waals surface area (Å²) in [6.45, 7) is 3.32. The zero-order valence-electron chi connectivity index (χ0n) is 16.0. The molecule has 0 bridgehead atoms. The van der Waals surface area contributed by atoms with Crippen molar-refractivity contribution in [3.8, 4) is 11.1 Å². The molecule has 0 aliphatic rings. The van der Waals surface area contributed by atoms with E-state index in [2.05, 4.69) is 10.8 Å². The lowest BCUT2D eigenvalue weighted by molar-refractivity contribution is -0.140. The van der Waals surface area contributed by atoms with Crippen LogP contribution in [0.2, 0.25) is 4.34 Å². The Labute approximate surface area is 187 Å². The lowest BCUT2D eigenvalue weighted by Crippen LogP contribution is -2.44. The number of carboxylic acids is 1. The number of thiophene rings is 2. The van der Waals surface area contributed by atoms with E-state index < -0.39 is 22.0 Å². The average Bonchev–Trinajstić information content (AvgIpc) is 3.27. The molecule has 0 aliphatic carbocycles. The maximum atomic E-state index is 12.8. The van der Waals surface area contributed by atoms with Gasteiger partial charge in [-0.2, -0.15) is 4.72 Å². The molecule has 0 spiro atoms. The number of rotatable bonds is 6. The lowest BCUT2D eigenvalue weighted by Gasteiger charge is -2.18. The predicted molar refractivity (Wildman–Crippen MR) is 124 cm³/mol. The van der Waals surface area contributed by atoms with Crippen LogP contribution in [0.1, 0.15) is 13.8 Å². The van der Waals surface area contributed by atoms with E-state index >= 15 is 0 Å². The maximum absolute atomic E-state index is 12.8. The van der Waals surface area contributed by atoms with Gasteiger partial charge in [-0.25, -0.2) is 8.42 Å². The Hall–Kier alpha value is -1.97. The van der Waals surface area contributed by atoms with Crippen molar-refractivity contribution >= 4 is 70.4 Å². The molecular weight excluding hydrogens is 462 g/mol. The summed E-state index contributed by atoms with van der Waals surface area (Å²) in [5, 5.41) is 13.2. The largest absolute Gasteiger partial charge is 0.480 e. The number of sulfonamides is 1. The summed E-state index contributed by atoms with van der Waals surface area (Å²) in [6.07, 6.45) is 0. The van der Waals surface area contributed by atoms with E-state index in [1.54, 1.807) is 26.0 Å². The minimum atomic E-state index is -3.97. The van der Waals surface area contributed by atoms with E-state index in [0.717, 1.165) is 35.6 Å². The highest BCUT2D eigenvalue weighted by Crippen LogP contribution is 2.39. The van der Waals surface area contributed by atoms with E-state index in [1.165, 1.54) is 28.7 Å². The molecule has 0 saturated carbocycles. The van der Waals surface area contributed by atoms with Crippen LogP contribution in [0.5, 0.6) is 0 Å². The van der Waals surface area contributed by atoms with Crippen LogP contribution in [0, 0.1) is 5.92 Å². The first-order valence-corrected chi connectivity index (χ1v) is 12.7. The van der Waals surface area contributed by atoms with Gasteiger partial charge in [0.25, 0.3) is 0 Å². The molecular formula is C21H18ClNO4S3. The molecule has 0 unspecified atom stereocenters. The number of carbonyl (C=O) groups is 1. The smallest absolute Gasteiger partial charge is 0.322 e. The van der Waals surface area contributed by atoms with Gasteiger partial charge in [-0.3, -0.25) is 4.79 Å². The quantitative estimate of drug-likeness (QED) is 0.364. The number of nitrogens with one attached hydrogen (secondary N) is 1. The van der Waals surface area contributed by atoms with E-state index in [1.807, 2.05) is 23.6 Å². The molecule has 4 rings (SSSR count). The maximum Gasteiger partial charge on any atom is 0.322 e. The van der Waals surface area contributed by atoms with E-state index in [-0.39, 0.29) is 10.8 Å². The molecule has 2 aromatic carbocycles. The third kappa shape index (κ3) is 3.86. The molecule has 0 amide bonds. The minimum Gasteiger partial charge on any atom is -0.480 e. The third-order valence-corrected chi connectivity index (χ3v) is 8.64. The second kappa shape index (κ2) is 7.94. The first-order valence-electron chi connectivity index (χ1n) is 9.12. The number of halogens is 1. The van der Waals surface area contributed by atoms with Crippen LogP contribution in [0.4, 0.5) is 0 Å². The summed E-state index contributed by atoms with van der Waals surface area (Å²) in [5.41, 5.74) is 1.98. The van der Waals surface area contributed by atoms with Crippen LogP contribution >= 0.6 is 34.3 Å². The van der Waals surface area contributed by atoms with Crippen molar-refractivity contribution in [3.05, 3.63) is 52.2 Å². The van der Waals surface area contributed by atoms with E-state index in [9.17, 15) is 18.3 Å². The second-order valence-electron chi connectivity index (χ2n) is 7.26. The monoisotopic (exact) mass is 479 g/mol. The Morgan fingerprint density at radius 1 is 1.07 bits per heavy atom. The Bertz CT molecular complexity index is 1370. The predicted octanol–water partition coefficient (Wildman–Crippen LogP) is 5.82. The van der Waals surface area contributed by atoms with Gasteiger partial charge in [0.15, 0.2) is 0 Å². The number of carboxylic acid groups (broad SMARTS) is 1. The molecule has 30 heavy (non-hydrogen) atoms.